The molecule has 5 nitrogen and oxygen atoms in total. The molecule has 0 atom stereocenters. The van der Waals surface area contributed by atoms with Crippen LogP contribution in [0, 0.1) is 0 Å². The molecule has 0 aliphatic rings. The van der Waals surface area contributed by atoms with Crippen molar-refractivity contribution in [1.82, 2.24) is 10.4 Å². The number of nitrogens with zero attached hydrogens (tertiary/aromatic N) is 1. The zero-order chi connectivity index (χ0) is 15.2. The number of ether oxygens (including phenoxy) is 1. The average Bonchev–Trinajstić information content (AvgIpc) is 2.99. The number of carbonyl (C=O) groups excluding carboxylic acids is 1. The van der Waals surface area contributed by atoms with E-state index in [1.165, 1.54) is 0 Å². The summed E-state index contributed by atoms with van der Waals surface area (Å²) in [6, 6.07) is 11.1. The number of rotatable bonds is 5. The number of H-pyrrole nitrogens is 1. The predicted octanol–water partition coefficient (Wildman–Crippen LogP) is 2.96. The van der Waals surface area contributed by atoms with Gasteiger partial charge in [-0.05, 0) is 62.7 Å². The third kappa shape index (κ3) is 4.21. The summed E-state index contributed by atoms with van der Waals surface area (Å²) in [4.78, 5) is 14.6. The summed E-state index contributed by atoms with van der Waals surface area (Å²) in [6.45, 7) is 5.81. The van der Waals surface area contributed by atoms with Crippen LogP contribution in [0.15, 0.2) is 47.7 Å². The van der Waals surface area contributed by atoms with Crippen molar-refractivity contribution in [3.8, 4) is 5.75 Å². The summed E-state index contributed by atoms with van der Waals surface area (Å²) in [5, 5.41) is 4.10. The molecule has 1 aromatic heterocycles. The van der Waals surface area contributed by atoms with Gasteiger partial charge in [-0.15, -0.1) is 0 Å². The number of hydrogen-bond acceptors (Lipinski definition) is 3. The minimum absolute atomic E-state index is 0.144. The number of amides is 1. The number of aromatic nitrogens is 1. The Balaban J connectivity index is 2.00. The fourth-order valence-corrected chi connectivity index (χ4v) is 1.78. The molecular weight excluding hydrogens is 266 g/mol. The predicted molar refractivity (Wildman–Crippen MR) is 82.7 cm³/mol. The molecule has 1 aromatic carbocycles. The van der Waals surface area contributed by atoms with Crippen molar-refractivity contribution in [3.63, 3.8) is 0 Å². The Morgan fingerprint density at radius 1 is 1.24 bits per heavy atom. The zero-order valence-electron chi connectivity index (χ0n) is 12.4. The van der Waals surface area contributed by atoms with E-state index in [0.29, 0.717) is 5.69 Å². The first-order valence-corrected chi connectivity index (χ1v) is 6.81. The lowest BCUT2D eigenvalue weighted by molar-refractivity contribution is 0.0950. The van der Waals surface area contributed by atoms with E-state index in [2.05, 4.69) is 15.5 Å². The summed E-state index contributed by atoms with van der Waals surface area (Å²) < 4.78 is 5.58. The summed E-state index contributed by atoms with van der Waals surface area (Å²) in [5.41, 5.74) is 4.65. The van der Waals surface area contributed by atoms with Gasteiger partial charge in [0.25, 0.3) is 5.91 Å². The minimum atomic E-state index is -0.265. The molecule has 21 heavy (non-hydrogen) atoms. The van der Waals surface area contributed by atoms with E-state index in [-0.39, 0.29) is 12.0 Å². The van der Waals surface area contributed by atoms with Gasteiger partial charge < -0.3 is 9.72 Å². The van der Waals surface area contributed by atoms with E-state index >= 15 is 0 Å². The highest BCUT2D eigenvalue weighted by molar-refractivity contribution is 6.00. The molecule has 5 heteroatoms. The lowest BCUT2D eigenvalue weighted by atomic mass is 10.1. The quantitative estimate of drug-likeness (QED) is 0.655. The fraction of sp³-hybridized carbons (Fsp3) is 0.250. The van der Waals surface area contributed by atoms with Gasteiger partial charge >= 0.3 is 0 Å². The molecule has 0 bridgehead atoms. The molecule has 2 N–H and O–H groups in total. The van der Waals surface area contributed by atoms with E-state index in [4.69, 9.17) is 4.74 Å². The van der Waals surface area contributed by atoms with E-state index in [0.717, 1.165) is 17.0 Å². The van der Waals surface area contributed by atoms with Crippen molar-refractivity contribution in [3.05, 3.63) is 53.9 Å². The number of aromatic amines is 1. The van der Waals surface area contributed by atoms with Crippen molar-refractivity contribution in [1.29, 1.82) is 0 Å². The number of hydrogen-bond donors (Lipinski definition) is 2. The zero-order valence-corrected chi connectivity index (χ0v) is 12.4. The van der Waals surface area contributed by atoms with Crippen LogP contribution in [0.2, 0.25) is 0 Å². The van der Waals surface area contributed by atoms with Gasteiger partial charge in [0, 0.05) is 6.20 Å². The first-order chi connectivity index (χ1) is 10.1. The van der Waals surface area contributed by atoms with Gasteiger partial charge in [-0.3, -0.25) is 4.79 Å². The van der Waals surface area contributed by atoms with E-state index in [1.54, 1.807) is 18.3 Å². The fourth-order valence-electron chi connectivity index (χ4n) is 1.78. The summed E-state index contributed by atoms with van der Waals surface area (Å²) in [7, 11) is 0. The molecule has 1 amide bonds. The Labute approximate surface area is 124 Å². The first kappa shape index (κ1) is 14.8. The monoisotopic (exact) mass is 285 g/mol. The molecule has 2 aromatic rings. The molecule has 2 rings (SSSR count). The second-order valence-corrected chi connectivity index (χ2v) is 4.91. The summed E-state index contributed by atoms with van der Waals surface area (Å²) in [5.74, 6) is 0.552. The van der Waals surface area contributed by atoms with Crippen LogP contribution in [-0.4, -0.2) is 22.7 Å². The molecule has 0 aliphatic carbocycles. The first-order valence-electron chi connectivity index (χ1n) is 6.81. The number of benzene rings is 1. The van der Waals surface area contributed by atoms with Crippen molar-refractivity contribution in [2.24, 2.45) is 5.10 Å². The van der Waals surface area contributed by atoms with Crippen molar-refractivity contribution < 1.29 is 9.53 Å². The van der Waals surface area contributed by atoms with Gasteiger partial charge in [0.15, 0.2) is 0 Å². The minimum Gasteiger partial charge on any atom is -0.491 e. The van der Waals surface area contributed by atoms with Gasteiger partial charge in [-0.2, -0.15) is 5.10 Å². The summed E-state index contributed by atoms with van der Waals surface area (Å²) >= 11 is 0. The molecule has 0 saturated heterocycles. The Hall–Kier alpha value is -2.56. The van der Waals surface area contributed by atoms with E-state index < -0.39 is 0 Å². The molecule has 110 valence electrons. The normalized spacial score (nSPS) is 11.5. The largest absolute Gasteiger partial charge is 0.491 e. The SMILES string of the molecule is C/C(=N/NC(=O)c1ccc[nH]1)c1ccc(OC(C)C)cc1. The molecule has 0 saturated carbocycles. The molecule has 0 fully saturated rings. The standard InChI is InChI=1S/C16H19N3O2/c1-11(2)21-14-8-6-13(7-9-14)12(3)18-19-16(20)15-5-4-10-17-15/h4-11,17H,1-3H3,(H,19,20)/b18-12-. The lowest BCUT2D eigenvalue weighted by Gasteiger charge is -2.10. The van der Waals surface area contributed by atoms with Gasteiger partial charge in [0.1, 0.15) is 11.4 Å². The summed E-state index contributed by atoms with van der Waals surface area (Å²) in [6.07, 6.45) is 1.84. The smallest absolute Gasteiger partial charge is 0.287 e. The highest BCUT2D eigenvalue weighted by Crippen LogP contribution is 2.14. The second kappa shape index (κ2) is 6.74. The Kier molecular flexibility index (Phi) is 4.77. The Morgan fingerprint density at radius 3 is 2.52 bits per heavy atom. The van der Waals surface area contributed by atoms with Gasteiger partial charge in [-0.1, -0.05) is 0 Å². The van der Waals surface area contributed by atoms with Gasteiger partial charge in [0.2, 0.25) is 0 Å². The van der Waals surface area contributed by atoms with Crippen LogP contribution >= 0.6 is 0 Å². The van der Waals surface area contributed by atoms with E-state index in [1.807, 2.05) is 45.0 Å². The second-order valence-electron chi connectivity index (χ2n) is 4.91. The van der Waals surface area contributed by atoms with Crippen molar-refractivity contribution >= 4 is 11.6 Å². The van der Waals surface area contributed by atoms with Crippen LogP contribution in [0.5, 0.6) is 5.75 Å². The van der Waals surface area contributed by atoms with Crippen LogP contribution in [0.3, 0.4) is 0 Å². The maximum Gasteiger partial charge on any atom is 0.287 e. The van der Waals surface area contributed by atoms with Crippen LogP contribution in [0.4, 0.5) is 0 Å². The maximum absolute atomic E-state index is 11.7. The molecule has 0 radical (unpaired) electrons. The third-order valence-corrected chi connectivity index (χ3v) is 2.81. The van der Waals surface area contributed by atoms with Crippen LogP contribution < -0.4 is 10.2 Å². The van der Waals surface area contributed by atoms with Crippen molar-refractivity contribution in [2.45, 2.75) is 26.9 Å². The Morgan fingerprint density at radius 2 is 1.95 bits per heavy atom. The number of nitrogens with one attached hydrogen (secondary N) is 2. The van der Waals surface area contributed by atoms with Crippen LogP contribution in [-0.2, 0) is 0 Å². The topological polar surface area (TPSA) is 66.5 Å². The van der Waals surface area contributed by atoms with Gasteiger partial charge in [-0.25, -0.2) is 5.43 Å². The van der Waals surface area contributed by atoms with Crippen LogP contribution in [0.25, 0.3) is 0 Å². The van der Waals surface area contributed by atoms with Crippen molar-refractivity contribution in [2.75, 3.05) is 0 Å². The third-order valence-electron chi connectivity index (χ3n) is 2.81. The Bertz CT molecular complexity index is 613. The average molecular weight is 285 g/mol. The molecule has 1 heterocycles. The molecule has 0 aliphatic heterocycles. The highest BCUT2D eigenvalue weighted by Gasteiger charge is 2.05. The molecular formula is C16H19N3O2. The van der Waals surface area contributed by atoms with E-state index in [9.17, 15) is 4.79 Å². The molecule has 0 unspecified atom stereocenters. The number of carbonyl (C=O) groups is 1. The molecule has 0 spiro atoms. The maximum atomic E-state index is 11.7. The number of hydrazone groups is 1. The lowest BCUT2D eigenvalue weighted by Crippen LogP contribution is -2.19. The van der Waals surface area contributed by atoms with Crippen LogP contribution in [0.1, 0.15) is 36.8 Å². The highest BCUT2D eigenvalue weighted by atomic mass is 16.5. The van der Waals surface area contributed by atoms with Gasteiger partial charge in [0.05, 0.1) is 11.8 Å².